The maximum Gasteiger partial charge on any atom is 0.0483 e. The molecule has 0 aliphatic rings. The van der Waals surface area contributed by atoms with Gasteiger partial charge in [0.05, 0.1) is 0 Å². The lowest BCUT2D eigenvalue weighted by atomic mass is 10.1. The van der Waals surface area contributed by atoms with Crippen LogP contribution in [0.2, 0.25) is 0 Å². The first-order valence-electron chi connectivity index (χ1n) is 9.66. The second-order valence-corrected chi connectivity index (χ2v) is 6.85. The fourth-order valence-corrected chi connectivity index (χ4v) is 3.74. The normalized spacial score (nSPS) is 12.8. The Morgan fingerprint density at radius 2 is 1.96 bits per heavy atom. The molecule has 1 heterocycles. The Balaban J connectivity index is 2.40. The summed E-state index contributed by atoms with van der Waals surface area (Å²) < 4.78 is 2.38. The molecule has 0 fully saturated rings. The zero-order valence-electron chi connectivity index (χ0n) is 16.9. The predicted molar refractivity (Wildman–Crippen MR) is 111 cm³/mol. The highest BCUT2D eigenvalue weighted by molar-refractivity contribution is 5.86. The molecule has 2 aromatic rings. The fraction of sp³-hybridized carbons (Fsp3) is 0.478. The van der Waals surface area contributed by atoms with E-state index >= 15 is 0 Å². The van der Waals surface area contributed by atoms with E-state index in [0.717, 1.165) is 32.5 Å². The maximum atomic E-state index is 2.55. The van der Waals surface area contributed by atoms with Gasteiger partial charge in [-0.25, -0.2) is 0 Å². The standard InChI is InChI=1S/C23H34N2/c1-7-11-19(12-8-2)16-25(10-4)17-21-20-15-18(5)13-14-23(20)24(6)22(21)9-3/h7,11-15H,8-10,16-17H2,1-6H3/b11-7-,19-12+. The zero-order valence-corrected chi connectivity index (χ0v) is 16.9. The third-order valence-electron chi connectivity index (χ3n) is 5.01. The van der Waals surface area contributed by atoms with Gasteiger partial charge in [0, 0.05) is 36.7 Å². The molecule has 25 heavy (non-hydrogen) atoms. The summed E-state index contributed by atoms with van der Waals surface area (Å²) in [4.78, 5) is 2.55. The van der Waals surface area contributed by atoms with Crippen molar-refractivity contribution in [3.8, 4) is 0 Å². The molecule has 0 spiro atoms. The molecule has 1 aromatic carbocycles. The average molecular weight is 339 g/mol. The molecule has 0 saturated heterocycles. The number of allylic oxidation sites excluding steroid dienone is 2. The van der Waals surface area contributed by atoms with E-state index in [4.69, 9.17) is 0 Å². The Morgan fingerprint density at radius 3 is 2.56 bits per heavy atom. The summed E-state index contributed by atoms with van der Waals surface area (Å²) in [5.41, 5.74) is 7.08. The number of aromatic nitrogens is 1. The molecule has 0 aliphatic heterocycles. The number of benzene rings is 1. The molecule has 2 nitrogen and oxygen atoms in total. The molecule has 0 radical (unpaired) electrons. The Hall–Kier alpha value is -1.80. The molecule has 0 amide bonds. The second-order valence-electron chi connectivity index (χ2n) is 6.85. The van der Waals surface area contributed by atoms with Crippen LogP contribution in [0.3, 0.4) is 0 Å². The molecule has 136 valence electrons. The van der Waals surface area contributed by atoms with Crippen molar-refractivity contribution in [3.63, 3.8) is 0 Å². The largest absolute Gasteiger partial charge is 0.347 e. The van der Waals surface area contributed by atoms with E-state index in [9.17, 15) is 0 Å². The van der Waals surface area contributed by atoms with E-state index in [1.807, 2.05) is 0 Å². The summed E-state index contributed by atoms with van der Waals surface area (Å²) in [6.45, 7) is 14.1. The van der Waals surface area contributed by atoms with Crippen LogP contribution in [0.1, 0.15) is 50.9 Å². The molecule has 0 saturated carbocycles. The van der Waals surface area contributed by atoms with Crippen molar-refractivity contribution in [1.29, 1.82) is 0 Å². The third kappa shape index (κ3) is 4.43. The molecule has 0 unspecified atom stereocenters. The van der Waals surface area contributed by atoms with Crippen molar-refractivity contribution in [2.45, 2.75) is 54.0 Å². The fourth-order valence-electron chi connectivity index (χ4n) is 3.74. The van der Waals surface area contributed by atoms with E-state index in [0.29, 0.717) is 0 Å². The molecule has 0 N–H and O–H groups in total. The van der Waals surface area contributed by atoms with Gasteiger partial charge in [0.25, 0.3) is 0 Å². The second kappa shape index (κ2) is 9.05. The minimum absolute atomic E-state index is 1.01. The number of rotatable bonds is 8. The molecule has 0 bridgehead atoms. The highest BCUT2D eigenvalue weighted by Gasteiger charge is 2.16. The summed E-state index contributed by atoms with van der Waals surface area (Å²) in [7, 11) is 2.21. The minimum Gasteiger partial charge on any atom is -0.347 e. The van der Waals surface area contributed by atoms with Gasteiger partial charge in [-0.1, -0.05) is 50.6 Å². The van der Waals surface area contributed by atoms with E-state index in [1.54, 1.807) is 0 Å². The van der Waals surface area contributed by atoms with Gasteiger partial charge in [-0.15, -0.1) is 0 Å². The van der Waals surface area contributed by atoms with Gasteiger partial charge in [0.1, 0.15) is 0 Å². The van der Waals surface area contributed by atoms with Crippen LogP contribution >= 0.6 is 0 Å². The molecule has 0 atom stereocenters. The number of likely N-dealkylation sites (N-methyl/N-ethyl adjacent to an activating group) is 1. The quantitative estimate of drug-likeness (QED) is 0.554. The van der Waals surface area contributed by atoms with Crippen LogP contribution in [-0.2, 0) is 20.0 Å². The van der Waals surface area contributed by atoms with Crippen molar-refractivity contribution in [2.75, 3.05) is 13.1 Å². The third-order valence-corrected chi connectivity index (χ3v) is 5.01. The first-order chi connectivity index (χ1) is 12.0. The summed E-state index contributed by atoms with van der Waals surface area (Å²) in [6, 6.07) is 6.84. The summed E-state index contributed by atoms with van der Waals surface area (Å²) >= 11 is 0. The molecular weight excluding hydrogens is 304 g/mol. The van der Waals surface area contributed by atoms with Crippen LogP contribution in [0.25, 0.3) is 10.9 Å². The number of aryl methyl sites for hydroxylation is 2. The predicted octanol–water partition coefficient (Wildman–Crippen LogP) is 5.78. The molecule has 0 aliphatic carbocycles. The van der Waals surface area contributed by atoms with Gasteiger partial charge in [0.2, 0.25) is 0 Å². The van der Waals surface area contributed by atoms with Crippen LogP contribution in [0, 0.1) is 6.92 Å². The van der Waals surface area contributed by atoms with Crippen LogP contribution in [0.4, 0.5) is 0 Å². The topological polar surface area (TPSA) is 8.17 Å². The maximum absolute atomic E-state index is 2.55. The van der Waals surface area contributed by atoms with Crippen LogP contribution in [0.5, 0.6) is 0 Å². The summed E-state index contributed by atoms with van der Waals surface area (Å²) in [6.07, 6.45) is 8.90. The number of hydrogen-bond donors (Lipinski definition) is 0. The van der Waals surface area contributed by atoms with Crippen molar-refractivity contribution in [2.24, 2.45) is 7.05 Å². The van der Waals surface area contributed by atoms with Crippen LogP contribution < -0.4 is 0 Å². The molecule has 1 aromatic heterocycles. The van der Waals surface area contributed by atoms with E-state index in [2.05, 4.69) is 87.6 Å². The lowest BCUT2D eigenvalue weighted by Gasteiger charge is -2.22. The average Bonchev–Trinajstić information content (AvgIpc) is 2.85. The Kier molecular flexibility index (Phi) is 7.07. The summed E-state index contributed by atoms with van der Waals surface area (Å²) in [5, 5.41) is 1.42. The van der Waals surface area contributed by atoms with Gasteiger partial charge in [0.15, 0.2) is 0 Å². The number of fused-ring (bicyclic) bond motifs is 1. The number of nitrogens with zero attached hydrogens (tertiary/aromatic N) is 2. The van der Waals surface area contributed by atoms with E-state index < -0.39 is 0 Å². The smallest absolute Gasteiger partial charge is 0.0483 e. The number of hydrogen-bond acceptors (Lipinski definition) is 1. The van der Waals surface area contributed by atoms with Gasteiger partial charge in [-0.2, -0.15) is 0 Å². The Labute approximate surface area is 153 Å². The summed E-state index contributed by atoms with van der Waals surface area (Å²) in [5.74, 6) is 0. The monoisotopic (exact) mass is 338 g/mol. The van der Waals surface area contributed by atoms with Gasteiger partial charge in [-0.3, -0.25) is 4.90 Å². The van der Waals surface area contributed by atoms with Crippen molar-refractivity contribution in [3.05, 3.63) is 58.8 Å². The zero-order chi connectivity index (χ0) is 18.4. The van der Waals surface area contributed by atoms with E-state index in [-0.39, 0.29) is 0 Å². The Morgan fingerprint density at radius 1 is 1.20 bits per heavy atom. The van der Waals surface area contributed by atoms with Crippen molar-refractivity contribution in [1.82, 2.24) is 9.47 Å². The Bertz CT molecular complexity index is 762. The minimum atomic E-state index is 1.01. The van der Waals surface area contributed by atoms with Gasteiger partial charge in [-0.05, 0) is 56.5 Å². The van der Waals surface area contributed by atoms with Crippen molar-refractivity contribution >= 4 is 10.9 Å². The molecule has 2 heteroatoms. The molecule has 2 rings (SSSR count). The van der Waals surface area contributed by atoms with Crippen LogP contribution in [0.15, 0.2) is 42.0 Å². The molecular formula is C23H34N2. The highest BCUT2D eigenvalue weighted by atomic mass is 15.1. The van der Waals surface area contributed by atoms with Crippen molar-refractivity contribution < 1.29 is 0 Å². The van der Waals surface area contributed by atoms with Crippen LogP contribution in [-0.4, -0.2) is 22.6 Å². The first-order valence-corrected chi connectivity index (χ1v) is 9.66. The SMILES string of the molecule is C/C=C\C(=C/CC)CN(CC)Cc1c(CC)n(C)c2ccc(C)cc12. The van der Waals surface area contributed by atoms with E-state index in [1.165, 1.54) is 33.3 Å². The van der Waals surface area contributed by atoms with Gasteiger partial charge < -0.3 is 4.57 Å². The first kappa shape index (κ1) is 19.5. The lowest BCUT2D eigenvalue weighted by Crippen LogP contribution is -2.25. The lowest BCUT2D eigenvalue weighted by molar-refractivity contribution is 0.306. The highest BCUT2D eigenvalue weighted by Crippen LogP contribution is 2.28. The van der Waals surface area contributed by atoms with Gasteiger partial charge >= 0.3 is 0 Å².